The monoisotopic (exact) mass is 229 g/mol. The van der Waals surface area contributed by atoms with Gasteiger partial charge in [0.25, 0.3) is 0 Å². The lowest BCUT2D eigenvalue weighted by molar-refractivity contribution is 0.352. The number of ether oxygens (including phenoxy) is 2. The Hall–Kier alpha value is -0.930. The molecule has 0 radical (unpaired) electrons. The zero-order chi connectivity index (χ0) is 11.4. The van der Waals surface area contributed by atoms with Crippen molar-refractivity contribution in [3.8, 4) is 11.5 Å². The van der Waals surface area contributed by atoms with Crippen LogP contribution in [0.2, 0.25) is 5.02 Å². The van der Waals surface area contributed by atoms with Crippen LogP contribution in [-0.2, 0) is 6.42 Å². The van der Waals surface area contributed by atoms with E-state index in [0.29, 0.717) is 17.3 Å². The second kappa shape index (κ2) is 5.24. The van der Waals surface area contributed by atoms with Crippen molar-refractivity contribution in [1.82, 2.24) is 0 Å². The van der Waals surface area contributed by atoms with E-state index < -0.39 is 0 Å². The summed E-state index contributed by atoms with van der Waals surface area (Å²) in [5.41, 5.74) is 7.55. The molecule has 0 saturated heterocycles. The topological polar surface area (TPSA) is 44.5 Å². The summed E-state index contributed by atoms with van der Waals surface area (Å²) in [4.78, 5) is 0. The van der Waals surface area contributed by atoms with Gasteiger partial charge in [-0.3, -0.25) is 0 Å². The molecule has 15 heavy (non-hydrogen) atoms. The van der Waals surface area contributed by atoms with Gasteiger partial charge in [-0.15, -0.1) is 0 Å². The molecule has 3 nitrogen and oxygen atoms in total. The maximum absolute atomic E-state index is 6.13. The van der Waals surface area contributed by atoms with Gasteiger partial charge in [0, 0.05) is 11.1 Å². The van der Waals surface area contributed by atoms with E-state index in [1.165, 1.54) is 0 Å². The SMILES string of the molecule is COc1cc(Cl)c(CCN)c(C)c1OC. The molecule has 1 aromatic carbocycles. The van der Waals surface area contributed by atoms with E-state index in [2.05, 4.69) is 0 Å². The fraction of sp³-hybridized carbons (Fsp3) is 0.455. The predicted molar refractivity (Wildman–Crippen MR) is 62.1 cm³/mol. The molecule has 0 bridgehead atoms. The van der Waals surface area contributed by atoms with Crippen LogP contribution in [0.4, 0.5) is 0 Å². The third kappa shape index (κ3) is 2.36. The maximum Gasteiger partial charge on any atom is 0.163 e. The van der Waals surface area contributed by atoms with Gasteiger partial charge in [-0.25, -0.2) is 0 Å². The Balaban J connectivity index is 3.31. The van der Waals surface area contributed by atoms with Crippen molar-refractivity contribution in [3.05, 3.63) is 22.2 Å². The number of halogens is 1. The van der Waals surface area contributed by atoms with Crippen molar-refractivity contribution in [2.75, 3.05) is 20.8 Å². The summed E-state index contributed by atoms with van der Waals surface area (Å²) in [5, 5.41) is 0.676. The Labute approximate surface area is 95.1 Å². The third-order valence-corrected chi connectivity index (χ3v) is 2.72. The average molecular weight is 230 g/mol. The van der Waals surface area contributed by atoms with Gasteiger partial charge in [0.2, 0.25) is 0 Å². The van der Waals surface area contributed by atoms with Crippen molar-refractivity contribution in [2.24, 2.45) is 5.73 Å². The Morgan fingerprint density at radius 2 is 2.00 bits per heavy atom. The summed E-state index contributed by atoms with van der Waals surface area (Å²) in [5.74, 6) is 1.38. The highest BCUT2D eigenvalue weighted by Crippen LogP contribution is 2.37. The Bertz CT molecular complexity index is 353. The zero-order valence-electron chi connectivity index (χ0n) is 9.26. The molecule has 0 aliphatic rings. The molecule has 84 valence electrons. The number of hydrogen-bond acceptors (Lipinski definition) is 3. The molecule has 0 aliphatic heterocycles. The van der Waals surface area contributed by atoms with Crippen LogP contribution in [0.1, 0.15) is 11.1 Å². The van der Waals surface area contributed by atoms with Gasteiger partial charge in [0.15, 0.2) is 11.5 Å². The maximum atomic E-state index is 6.13. The molecule has 0 spiro atoms. The zero-order valence-corrected chi connectivity index (χ0v) is 10.0. The Kier molecular flexibility index (Phi) is 4.24. The molecule has 0 aromatic heterocycles. The van der Waals surface area contributed by atoms with Crippen LogP contribution in [0, 0.1) is 6.92 Å². The van der Waals surface area contributed by atoms with E-state index in [0.717, 1.165) is 23.3 Å². The molecule has 0 atom stereocenters. The van der Waals surface area contributed by atoms with E-state index in [9.17, 15) is 0 Å². The van der Waals surface area contributed by atoms with Crippen molar-refractivity contribution < 1.29 is 9.47 Å². The highest BCUT2D eigenvalue weighted by Gasteiger charge is 2.14. The third-order valence-electron chi connectivity index (χ3n) is 2.38. The molecular weight excluding hydrogens is 214 g/mol. The smallest absolute Gasteiger partial charge is 0.163 e. The quantitative estimate of drug-likeness (QED) is 0.861. The van der Waals surface area contributed by atoms with Gasteiger partial charge in [0.05, 0.1) is 14.2 Å². The Morgan fingerprint density at radius 1 is 1.33 bits per heavy atom. The van der Waals surface area contributed by atoms with Crippen molar-refractivity contribution in [3.63, 3.8) is 0 Å². The lowest BCUT2D eigenvalue weighted by Gasteiger charge is -2.15. The van der Waals surface area contributed by atoms with E-state index in [-0.39, 0.29) is 0 Å². The second-order valence-corrected chi connectivity index (χ2v) is 3.64. The van der Waals surface area contributed by atoms with Gasteiger partial charge >= 0.3 is 0 Å². The van der Waals surface area contributed by atoms with Crippen LogP contribution in [-0.4, -0.2) is 20.8 Å². The van der Waals surface area contributed by atoms with Gasteiger partial charge in [-0.2, -0.15) is 0 Å². The molecule has 1 rings (SSSR count). The van der Waals surface area contributed by atoms with Gasteiger partial charge in [0.1, 0.15) is 0 Å². The molecule has 0 unspecified atom stereocenters. The first kappa shape index (κ1) is 12.1. The van der Waals surface area contributed by atoms with Crippen LogP contribution in [0.15, 0.2) is 6.07 Å². The summed E-state index contributed by atoms with van der Waals surface area (Å²) >= 11 is 6.13. The number of hydrogen-bond donors (Lipinski definition) is 1. The molecule has 1 aromatic rings. The Morgan fingerprint density at radius 3 is 2.47 bits per heavy atom. The minimum Gasteiger partial charge on any atom is -0.493 e. The van der Waals surface area contributed by atoms with E-state index in [1.54, 1.807) is 20.3 Å². The van der Waals surface area contributed by atoms with E-state index >= 15 is 0 Å². The fourth-order valence-electron chi connectivity index (χ4n) is 1.63. The molecule has 0 fully saturated rings. The summed E-state index contributed by atoms with van der Waals surface area (Å²) in [6.45, 7) is 2.52. The number of methoxy groups -OCH3 is 2. The minimum atomic E-state index is 0.566. The van der Waals surface area contributed by atoms with Gasteiger partial charge in [-0.1, -0.05) is 11.6 Å². The molecule has 4 heteroatoms. The van der Waals surface area contributed by atoms with Gasteiger partial charge in [-0.05, 0) is 31.0 Å². The van der Waals surface area contributed by atoms with E-state index in [1.807, 2.05) is 6.92 Å². The largest absolute Gasteiger partial charge is 0.493 e. The van der Waals surface area contributed by atoms with Crippen LogP contribution < -0.4 is 15.2 Å². The highest BCUT2D eigenvalue weighted by molar-refractivity contribution is 6.31. The van der Waals surface area contributed by atoms with Gasteiger partial charge < -0.3 is 15.2 Å². The first-order valence-electron chi connectivity index (χ1n) is 4.75. The molecule has 2 N–H and O–H groups in total. The molecule has 0 heterocycles. The second-order valence-electron chi connectivity index (χ2n) is 3.24. The summed E-state index contributed by atoms with van der Waals surface area (Å²) < 4.78 is 10.5. The van der Waals surface area contributed by atoms with Crippen LogP contribution in [0.3, 0.4) is 0 Å². The normalized spacial score (nSPS) is 10.2. The van der Waals surface area contributed by atoms with Crippen LogP contribution in [0.25, 0.3) is 0 Å². The molecule has 0 saturated carbocycles. The predicted octanol–water partition coefficient (Wildman–Crippen LogP) is 2.17. The average Bonchev–Trinajstić information content (AvgIpc) is 2.23. The fourth-order valence-corrected chi connectivity index (χ4v) is 1.96. The lowest BCUT2D eigenvalue weighted by Crippen LogP contribution is -2.06. The first-order valence-corrected chi connectivity index (χ1v) is 5.13. The summed E-state index contributed by atoms with van der Waals surface area (Å²) in [7, 11) is 3.21. The number of nitrogens with two attached hydrogens (primary N) is 1. The highest BCUT2D eigenvalue weighted by atomic mass is 35.5. The molecule has 0 aliphatic carbocycles. The first-order chi connectivity index (χ1) is 7.15. The molecule has 0 amide bonds. The van der Waals surface area contributed by atoms with Crippen LogP contribution >= 0.6 is 11.6 Å². The van der Waals surface area contributed by atoms with E-state index in [4.69, 9.17) is 26.8 Å². The standard InChI is InChI=1S/C11H16ClNO2/c1-7-8(4-5-13)9(12)6-10(14-2)11(7)15-3/h6H,4-5,13H2,1-3H3. The number of rotatable bonds is 4. The molecular formula is C11H16ClNO2. The van der Waals surface area contributed by atoms with Crippen LogP contribution in [0.5, 0.6) is 11.5 Å². The number of benzene rings is 1. The lowest BCUT2D eigenvalue weighted by atomic mass is 10.0. The minimum absolute atomic E-state index is 0.566. The van der Waals surface area contributed by atoms with Crippen molar-refractivity contribution in [2.45, 2.75) is 13.3 Å². The summed E-state index contributed by atoms with van der Waals surface area (Å²) in [6, 6.07) is 1.76. The van der Waals surface area contributed by atoms with Crippen molar-refractivity contribution in [1.29, 1.82) is 0 Å². The summed E-state index contributed by atoms with van der Waals surface area (Å²) in [6.07, 6.45) is 0.741. The van der Waals surface area contributed by atoms with Crippen molar-refractivity contribution >= 4 is 11.6 Å².